The number of hydrogen-bond acceptors (Lipinski definition) is 3. The fourth-order valence-corrected chi connectivity index (χ4v) is 2.40. The lowest BCUT2D eigenvalue weighted by Crippen LogP contribution is -2.36. The number of nitrogens with zero attached hydrogens (tertiary/aromatic N) is 3. The van der Waals surface area contributed by atoms with Gasteiger partial charge in [0.1, 0.15) is 5.82 Å². The van der Waals surface area contributed by atoms with Gasteiger partial charge in [-0.05, 0) is 26.4 Å². The Morgan fingerprint density at radius 1 is 1.59 bits per heavy atom. The van der Waals surface area contributed by atoms with E-state index < -0.39 is 6.55 Å². The van der Waals surface area contributed by atoms with Crippen molar-refractivity contribution >= 4 is 0 Å². The van der Waals surface area contributed by atoms with Gasteiger partial charge in [-0.1, -0.05) is 0 Å². The van der Waals surface area contributed by atoms with Crippen molar-refractivity contribution in [2.24, 2.45) is 0 Å². The van der Waals surface area contributed by atoms with E-state index in [0.29, 0.717) is 18.4 Å². The average molecular weight is 244 g/mol. The minimum Gasteiger partial charge on any atom is -0.318 e. The van der Waals surface area contributed by atoms with Gasteiger partial charge in [-0.2, -0.15) is 8.78 Å². The molecule has 0 bridgehead atoms. The Morgan fingerprint density at radius 2 is 2.41 bits per heavy atom. The van der Waals surface area contributed by atoms with Crippen LogP contribution in [0.4, 0.5) is 8.78 Å². The van der Waals surface area contributed by atoms with Crippen LogP contribution in [0.25, 0.3) is 0 Å². The number of nitrogens with one attached hydrogen (secondary N) is 1. The van der Waals surface area contributed by atoms with Gasteiger partial charge in [0.15, 0.2) is 0 Å². The second-order valence-corrected chi connectivity index (χ2v) is 4.35. The van der Waals surface area contributed by atoms with Gasteiger partial charge in [-0.15, -0.1) is 0 Å². The van der Waals surface area contributed by atoms with Crippen LogP contribution >= 0.6 is 0 Å². The molecule has 1 N–H and O–H groups in total. The first-order valence-corrected chi connectivity index (χ1v) is 5.91. The number of likely N-dealkylation sites (N-methyl/N-ethyl adjacent to an activating group) is 1. The van der Waals surface area contributed by atoms with Crippen molar-refractivity contribution in [1.29, 1.82) is 0 Å². The Kier molecular flexibility index (Phi) is 4.06. The molecule has 1 aromatic rings. The van der Waals surface area contributed by atoms with Gasteiger partial charge in [0.25, 0.3) is 0 Å². The molecule has 0 aliphatic carbocycles. The van der Waals surface area contributed by atoms with Gasteiger partial charge in [0, 0.05) is 25.0 Å². The first kappa shape index (κ1) is 12.4. The zero-order valence-corrected chi connectivity index (χ0v) is 9.94. The maximum Gasteiger partial charge on any atom is 0.319 e. The summed E-state index contributed by atoms with van der Waals surface area (Å²) in [5.41, 5.74) is 0. The molecule has 0 radical (unpaired) electrons. The van der Waals surface area contributed by atoms with E-state index in [0.717, 1.165) is 30.5 Å². The molecule has 6 heteroatoms. The van der Waals surface area contributed by atoms with Gasteiger partial charge in [-0.3, -0.25) is 9.47 Å². The number of rotatable bonds is 5. The summed E-state index contributed by atoms with van der Waals surface area (Å²) in [7, 11) is 1.91. The van der Waals surface area contributed by atoms with Crippen LogP contribution in [-0.2, 0) is 6.54 Å². The van der Waals surface area contributed by atoms with Crippen molar-refractivity contribution in [1.82, 2.24) is 19.8 Å². The van der Waals surface area contributed by atoms with Crippen molar-refractivity contribution in [3.05, 3.63) is 18.2 Å². The molecule has 1 aliphatic rings. The molecule has 0 saturated carbocycles. The van der Waals surface area contributed by atoms with Gasteiger partial charge >= 0.3 is 6.55 Å². The lowest BCUT2D eigenvalue weighted by Gasteiger charge is -2.24. The van der Waals surface area contributed by atoms with E-state index in [4.69, 9.17) is 0 Å². The van der Waals surface area contributed by atoms with E-state index in [1.807, 2.05) is 7.05 Å². The van der Waals surface area contributed by atoms with Crippen molar-refractivity contribution in [3.63, 3.8) is 0 Å². The number of likely N-dealkylation sites (tertiary alicyclic amines) is 1. The third-order valence-electron chi connectivity index (χ3n) is 3.24. The summed E-state index contributed by atoms with van der Waals surface area (Å²) in [6.45, 7) is -0.139. The number of hydrogen-bond donors (Lipinski definition) is 1. The zero-order valence-electron chi connectivity index (χ0n) is 9.94. The summed E-state index contributed by atoms with van der Waals surface area (Å²) in [5.74, 6) is 0.447. The first-order valence-electron chi connectivity index (χ1n) is 5.91. The number of aromatic nitrogens is 2. The highest BCUT2D eigenvalue weighted by molar-refractivity contribution is 4.95. The summed E-state index contributed by atoms with van der Waals surface area (Å²) in [5, 5.41) is 3.14. The molecule has 1 aromatic heterocycles. The zero-order chi connectivity index (χ0) is 12.3. The quantitative estimate of drug-likeness (QED) is 0.851. The van der Waals surface area contributed by atoms with Crippen LogP contribution in [0.15, 0.2) is 12.4 Å². The predicted molar refractivity (Wildman–Crippen MR) is 60.8 cm³/mol. The summed E-state index contributed by atoms with van der Waals surface area (Å²) in [4.78, 5) is 6.24. The van der Waals surface area contributed by atoms with Crippen LogP contribution in [0.5, 0.6) is 0 Å². The van der Waals surface area contributed by atoms with E-state index in [9.17, 15) is 8.78 Å². The fourth-order valence-electron chi connectivity index (χ4n) is 2.40. The molecule has 1 fully saturated rings. The van der Waals surface area contributed by atoms with Crippen LogP contribution in [0.2, 0.25) is 0 Å². The highest BCUT2D eigenvalue weighted by atomic mass is 19.3. The maximum absolute atomic E-state index is 12.7. The Labute approximate surface area is 99.6 Å². The normalized spacial score (nSPS) is 21.5. The molecule has 4 nitrogen and oxygen atoms in total. The maximum atomic E-state index is 12.7. The summed E-state index contributed by atoms with van der Waals surface area (Å²) in [6.07, 6.45) is 5.02. The molecule has 17 heavy (non-hydrogen) atoms. The second-order valence-electron chi connectivity index (χ2n) is 4.35. The monoisotopic (exact) mass is 244 g/mol. The second kappa shape index (κ2) is 5.55. The first-order chi connectivity index (χ1) is 8.22. The van der Waals surface area contributed by atoms with E-state index in [1.54, 1.807) is 0 Å². The summed E-state index contributed by atoms with van der Waals surface area (Å²) >= 11 is 0. The van der Waals surface area contributed by atoms with Crippen LogP contribution in [0.1, 0.15) is 25.2 Å². The molecule has 2 rings (SSSR count). The standard InChI is InChI=1S/C11H18F2N4/c1-14-7-9-3-2-5-16(9)8-10-15-4-6-17(10)11(12)13/h4,6,9,11,14H,2-3,5,7-8H2,1H3. The Hall–Kier alpha value is -1.01. The lowest BCUT2D eigenvalue weighted by atomic mass is 10.2. The molecule has 1 saturated heterocycles. The van der Waals surface area contributed by atoms with Gasteiger partial charge < -0.3 is 5.32 Å². The van der Waals surface area contributed by atoms with Crippen molar-refractivity contribution in [2.45, 2.75) is 32.0 Å². The molecule has 1 aliphatic heterocycles. The lowest BCUT2D eigenvalue weighted by molar-refractivity contribution is 0.0634. The predicted octanol–water partition coefficient (Wildman–Crippen LogP) is 1.46. The van der Waals surface area contributed by atoms with E-state index >= 15 is 0 Å². The number of halogens is 2. The smallest absolute Gasteiger partial charge is 0.318 e. The SMILES string of the molecule is CNCC1CCCN1Cc1nccn1C(F)F. The molecule has 1 unspecified atom stereocenters. The van der Waals surface area contributed by atoms with Gasteiger partial charge in [0.2, 0.25) is 0 Å². The highest BCUT2D eigenvalue weighted by Gasteiger charge is 2.25. The van der Waals surface area contributed by atoms with E-state index in [1.165, 1.54) is 12.4 Å². The van der Waals surface area contributed by atoms with Crippen LogP contribution in [0.3, 0.4) is 0 Å². The topological polar surface area (TPSA) is 33.1 Å². The molecule has 96 valence electrons. The Morgan fingerprint density at radius 3 is 3.12 bits per heavy atom. The van der Waals surface area contributed by atoms with Crippen LogP contribution < -0.4 is 5.32 Å². The van der Waals surface area contributed by atoms with E-state index in [2.05, 4.69) is 15.2 Å². The fraction of sp³-hybridized carbons (Fsp3) is 0.727. The highest BCUT2D eigenvalue weighted by Crippen LogP contribution is 2.20. The number of imidazole rings is 1. The Bertz CT molecular complexity index is 353. The van der Waals surface area contributed by atoms with Gasteiger partial charge in [-0.25, -0.2) is 4.98 Å². The summed E-state index contributed by atoms with van der Waals surface area (Å²) in [6, 6.07) is 0.433. The molecule has 0 spiro atoms. The van der Waals surface area contributed by atoms with Gasteiger partial charge in [0.05, 0.1) is 6.54 Å². The number of alkyl halides is 2. The molecule has 0 amide bonds. The molecule has 0 aromatic carbocycles. The van der Waals surface area contributed by atoms with Crippen molar-refractivity contribution in [2.75, 3.05) is 20.1 Å². The van der Waals surface area contributed by atoms with Crippen molar-refractivity contribution < 1.29 is 8.78 Å². The summed E-state index contributed by atoms with van der Waals surface area (Å²) < 4.78 is 26.3. The van der Waals surface area contributed by atoms with Crippen LogP contribution in [-0.4, -0.2) is 40.6 Å². The van der Waals surface area contributed by atoms with Crippen molar-refractivity contribution in [3.8, 4) is 0 Å². The minimum atomic E-state index is -2.50. The van der Waals surface area contributed by atoms with Crippen LogP contribution in [0, 0.1) is 0 Å². The third kappa shape index (κ3) is 2.81. The minimum absolute atomic E-state index is 0.433. The average Bonchev–Trinajstić information content (AvgIpc) is 2.89. The Balaban J connectivity index is 2.02. The molecular weight excluding hydrogens is 226 g/mol. The molecule has 2 heterocycles. The molecule has 1 atom stereocenters. The largest absolute Gasteiger partial charge is 0.319 e. The van der Waals surface area contributed by atoms with E-state index in [-0.39, 0.29) is 0 Å². The molecular formula is C11H18F2N4. The third-order valence-corrected chi connectivity index (χ3v) is 3.24.